The van der Waals surface area contributed by atoms with Gasteiger partial charge < -0.3 is 4.79 Å². The molecule has 0 amide bonds. The van der Waals surface area contributed by atoms with Crippen LogP contribution in [0.1, 0.15) is 37.3 Å². The summed E-state index contributed by atoms with van der Waals surface area (Å²) >= 11 is 0. The first-order chi connectivity index (χ1) is 8.17. The van der Waals surface area contributed by atoms with Gasteiger partial charge in [0.2, 0.25) is 0 Å². The molecule has 0 spiro atoms. The Hall–Kier alpha value is -1.15. The zero-order valence-corrected chi connectivity index (χ0v) is 11.1. The summed E-state index contributed by atoms with van der Waals surface area (Å²) in [6.07, 6.45) is 3.14. The Morgan fingerprint density at radius 1 is 1.29 bits per heavy atom. The third kappa shape index (κ3) is 4.70. The van der Waals surface area contributed by atoms with Gasteiger partial charge in [-0.05, 0) is 36.9 Å². The molecule has 2 heteroatoms. The Balaban J connectivity index is 2.48. The minimum absolute atomic E-state index is 0.519. The van der Waals surface area contributed by atoms with Crippen molar-refractivity contribution in [3.63, 3.8) is 0 Å². The van der Waals surface area contributed by atoms with Crippen LogP contribution in [0.5, 0.6) is 0 Å². The highest BCUT2D eigenvalue weighted by atomic mass is 16.1. The highest BCUT2D eigenvalue weighted by Crippen LogP contribution is 2.18. The molecule has 0 saturated heterocycles. The largest absolute Gasteiger partial charge is 0.302 e. The van der Waals surface area contributed by atoms with Gasteiger partial charge in [0, 0.05) is 6.54 Å². The van der Waals surface area contributed by atoms with E-state index in [1.807, 2.05) is 11.9 Å². The van der Waals surface area contributed by atoms with Crippen LogP contribution in [0.25, 0.3) is 0 Å². The third-order valence-corrected chi connectivity index (χ3v) is 3.33. The smallest absolute Gasteiger partial charge is 0.133 e. The number of likely N-dealkylation sites (N-methyl/N-ethyl adjacent to an activating group) is 1. The number of rotatable bonds is 7. The van der Waals surface area contributed by atoms with Gasteiger partial charge in [-0.3, -0.25) is 4.90 Å². The molecule has 0 aliphatic carbocycles. The zero-order valence-electron chi connectivity index (χ0n) is 11.1. The Morgan fingerprint density at radius 2 is 1.94 bits per heavy atom. The molecule has 17 heavy (non-hydrogen) atoms. The average molecular weight is 233 g/mol. The summed E-state index contributed by atoms with van der Waals surface area (Å²) in [5.41, 5.74) is 2.76. The molecule has 0 bridgehead atoms. The summed E-state index contributed by atoms with van der Waals surface area (Å²) < 4.78 is 0. The first-order valence-electron chi connectivity index (χ1n) is 6.38. The van der Waals surface area contributed by atoms with Crippen molar-refractivity contribution in [2.45, 2.75) is 32.6 Å². The van der Waals surface area contributed by atoms with Gasteiger partial charge in [0.25, 0.3) is 0 Å². The molecule has 1 aromatic rings. The molecule has 1 atom stereocenters. The van der Waals surface area contributed by atoms with Crippen molar-refractivity contribution in [2.75, 3.05) is 20.1 Å². The summed E-state index contributed by atoms with van der Waals surface area (Å²) in [5, 5.41) is 0. The van der Waals surface area contributed by atoms with Crippen LogP contribution in [0.4, 0.5) is 0 Å². The molecule has 0 saturated carbocycles. The summed E-state index contributed by atoms with van der Waals surface area (Å²) in [5.74, 6) is 0.641. The van der Waals surface area contributed by atoms with Crippen LogP contribution < -0.4 is 0 Å². The van der Waals surface area contributed by atoms with Crippen molar-refractivity contribution in [1.29, 1.82) is 0 Å². The molecule has 0 aliphatic rings. The Labute approximate surface area is 105 Å². The maximum absolute atomic E-state index is 10.3. The second-order valence-electron chi connectivity index (χ2n) is 4.73. The topological polar surface area (TPSA) is 20.3 Å². The van der Waals surface area contributed by atoms with Crippen molar-refractivity contribution in [3.05, 3.63) is 35.4 Å². The minimum atomic E-state index is 0.519. The summed E-state index contributed by atoms with van der Waals surface area (Å²) in [4.78, 5) is 12.4. The molecule has 94 valence electrons. The minimum Gasteiger partial charge on any atom is -0.302 e. The quantitative estimate of drug-likeness (QED) is 0.675. The van der Waals surface area contributed by atoms with Gasteiger partial charge in [0.1, 0.15) is 6.29 Å². The molecule has 1 aromatic carbocycles. The number of hydrogen-bond donors (Lipinski definition) is 0. The van der Waals surface area contributed by atoms with E-state index in [9.17, 15) is 4.79 Å². The SMILES string of the molecule is CCC(C)c1ccc(CCN(C)CC=O)cc1. The fourth-order valence-corrected chi connectivity index (χ4v) is 1.79. The zero-order chi connectivity index (χ0) is 12.7. The molecule has 1 rings (SSSR count). The van der Waals surface area contributed by atoms with E-state index < -0.39 is 0 Å². The molecule has 0 radical (unpaired) electrons. The number of carbonyl (C=O) groups is 1. The van der Waals surface area contributed by atoms with Crippen LogP contribution in [-0.2, 0) is 11.2 Å². The maximum atomic E-state index is 10.3. The lowest BCUT2D eigenvalue weighted by Gasteiger charge is -2.13. The average Bonchev–Trinajstić information content (AvgIpc) is 2.36. The Kier molecular flexibility index (Phi) is 5.92. The number of benzene rings is 1. The van der Waals surface area contributed by atoms with Crippen LogP contribution >= 0.6 is 0 Å². The highest BCUT2D eigenvalue weighted by Gasteiger charge is 2.03. The van der Waals surface area contributed by atoms with Crippen LogP contribution in [-0.4, -0.2) is 31.3 Å². The Morgan fingerprint density at radius 3 is 2.47 bits per heavy atom. The van der Waals surface area contributed by atoms with Crippen molar-refractivity contribution in [1.82, 2.24) is 4.90 Å². The van der Waals surface area contributed by atoms with Gasteiger partial charge in [-0.15, -0.1) is 0 Å². The molecule has 0 aliphatic heterocycles. The molecule has 0 aromatic heterocycles. The van der Waals surface area contributed by atoms with E-state index in [2.05, 4.69) is 38.1 Å². The second-order valence-corrected chi connectivity index (χ2v) is 4.73. The molecule has 0 fully saturated rings. The van der Waals surface area contributed by atoms with E-state index in [0.717, 1.165) is 19.3 Å². The molecular formula is C15H23NO. The van der Waals surface area contributed by atoms with Crippen LogP contribution in [0.2, 0.25) is 0 Å². The lowest BCUT2D eigenvalue weighted by molar-refractivity contribution is -0.108. The van der Waals surface area contributed by atoms with E-state index in [0.29, 0.717) is 12.5 Å². The molecular weight excluding hydrogens is 210 g/mol. The predicted molar refractivity (Wildman–Crippen MR) is 72.4 cm³/mol. The van der Waals surface area contributed by atoms with E-state index in [1.165, 1.54) is 17.5 Å². The predicted octanol–water partition coefficient (Wildman–Crippen LogP) is 2.87. The van der Waals surface area contributed by atoms with Crippen LogP contribution in [0, 0.1) is 0 Å². The van der Waals surface area contributed by atoms with Crippen molar-refractivity contribution in [2.24, 2.45) is 0 Å². The summed E-state index contributed by atoms with van der Waals surface area (Å²) in [6.45, 7) is 5.92. The van der Waals surface area contributed by atoms with Gasteiger partial charge >= 0.3 is 0 Å². The summed E-state index contributed by atoms with van der Waals surface area (Å²) in [6, 6.07) is 8.86. The van der Waals surface area contributed by atoms with Crippen molar-refractivity contribution < 1.29 is 4.79 Å². The van der Waals surface area contributed by atoms with Gasteiger partial charge in [-0.2, -0.15) is 0 Å². The fraction of sp³-hybridized carbons (Fsp3) is 0.533. The lowest BCUT2D eigenvalue weighted by atomic mass is 9.97. The highest BCUT2D eigenvalue weighted by molar-refractivity contribution is 5.51. The van der Waals surface area contributed by atoms with Crippen LogP contribution in [0.3, 0.4) is 0 Å². The first-order valence-corrected chi connectivity index (χ1v) is 6.38. The number of nitrogens with zero attached hydrogens (tertiary/aromatic N) is 1. The fourth-order valence-electron chi connectivity index (χ4n) is 1.79. The number of hydrogen-bond acceptors (Lipinski definition) is 2. The van der Waals surface area contributed by atoms with E-state index in [1.54, 1.807) is 0 Å². The maximum Gasteiger partial charge on any atom is 0.133 e. The van der Waals surface area contributed by atoms with Gasteiger partial charge in [0.05, 0.1) is 6.54 Å². The second kappa shape index (κ2) is 7.23. The lowest BCUT2D eigenvalue weighted by Crippen LogP contribution is -2.23. The molecule has 0 N–H and O–H groups in total. The van der Waals surface area contributed by atoms with Crippen LogP contribution in [0.15, 0.2) is 24.3 Å². The van der Waals surface area contributed by atoms with Crippen molar-refractivity contribution in [3.8, 4) is 0 Å². The molecule has 1 unspecified atom stereocenters. The van der Waals surface area contributed by atoms with E-state index >= 15 is 0 Å². The molecule has 0 heterocycles. The normalized spacial score (nSPS) is 12.7. The third-order valence-electron chi connectivity index (χ3n) is 3.33. The van der Waals surface area contributed by atoms with Gasteiger partial charge in [-0.25, -0.2) is 0 Å². The monoisotopic (exact) mass is 233 g/mol. The standard InChI is InChI=1S/C15H23NO/c1-4-13(2)15-7-5-14(6-8-15)9-10-16(3)11-12-17/h5-8,12-13H,4,9-11H2,1-3H3. The van der Waals surface area contributed by atoms with Crippen molar-refractivity contribution >= 4 is 6.29 Å². The molecule has 2 nitrogen and oxygen atoms in total. The first kappa shape index (κ1) is 13.9. The van der Waals surface area contributed by atoms with Gasteiger partial charge in [-0.1, -0.05) is 38.1 Å². The number of aldehydes is 1. The summed E-state index contributed by atoms with van der Waals surface area (Å²) in [7, 11) is 1.97. The Bertz CT molecular complexity index is 331. The van der Waals surface area contributed by atoms with E-state index in [4.69, 9.17) is 0 Å². The number of carbonyl (C=O) groups excluding carboxylic acids is 1. The van der Waals surface area contributed by atoms with Gasteiger partial charge in [0.15, 0.2) is 0 Å². The van der Waals surface area contributed by atoms with E-state index in [-0.39, 0.29) is 0 Å².